The molecule has 2 aromatic rings. The highest BCUT2D eigenvalue weighted by Crippen LogP contribution is 2.26. The van der Waals surface area contributed by atoms with Crippen molar-refractivity contribution in [2.24, 2.45) is 0 Å². The van der Waals surface area contributed by atoms with Gasteiger partial charge in [-0.25, -0.2) is 4.68 Å². The van der Waals surface area contributed by atoms with Gasteiger partial charge in [0.05, 0.1) is 18.4 Å². The lowest BCUT2D eigenvalue weighted by Gasteiger charge is -2.26. The van der Waals surface area contributed by atoms with Gasteiger partial charge in [-0.3, -0.25) is 4.79 Å². The largest absolute Gasteiger partial charge is 0.463 e. The van der Waals surface area contributed by atoms with Crippen molar-refractivity contribution in [3.05, 3.63) is 24.0 Å². The van der Waals surface area contributed by atoms with E-state index < -0.39 is 0 Å². The van der Waals surface area contributed by atoms with Gasteiger partial charge in [0.15, 0.2) is 12.0 Å². The molecule has 0 aromatic carbocycles. The van der Waals surface area contributed by atoms with Gasteiger partial charge in [-0.15, -0.1) is 0 Å². The van der Waals surface area contributed by atoms with Crippen LogP contribution in [0.15, 0.2) is 22.8 Å². The molecule has 21 heavy (non-hydrogen) atoms. The van der Waals surface area contributed by atoms with E-state index in [1.807, 2.05) is 0 Å². The van der Waals surface area contributed by atoms with Gasteiger partial charge in [0.1, 0.15) is 11.5 Å². The number of anilines is 1. The summed E-state index contributed by atoms with van der Waals surface area (Å²) >= 11 is 0. The van der Waals surface area contributed by atoms with E-state index in [4.69, 9.17) is 10.2 Å². The molecule has 1 saturated heterocycles. The lowest BCUT2D eigenvalue weighted by atomic mass is 10.1. The lowest BCUT2D eigenvalue weighted by Crippen LogP contribution is -2.33. The number of aldehydes is 1. The molecular formula is C15H20N4O2. The molecule has 1 fully saturated rings. The van der Waals surface area contributed by atoms with Gasteiger partial charge < -0.3 is 15.1 Å². The SMILES string of the molecule is Nc1c(C=O)c(-c2ccco2)nn1CCN1CCCCC1. The molecule has 3 rings (SSSR count). The quantitative estimate of drug-likeness (QED) is 0.852. The molecule has 0 saturated carbocycles. The molecule has 6 nitrogen and oxygen atoms in total. The molecule has 0 aliphatic carbocycles. The van der Waals surface area contributed by atoms with Gasteiger partial charge >= 0.3 is 0 Å². The summed E-state index contributed by atoms with van der Waals surface area (Å²) in [6.45, 7) is 3.86. The van der Waals surface area contributed by atoms with E-state index in [-0.39, 0.29) is 0 Å². The summed E-state index contributed by atoms with van der Waals surface area (Å²) in [6.07, 6.45) is 6.14. The van der Waals surface area contributed by atoms with Crippen LogP contribution >= 0.6 is 0 Å². The second-order valence-corrected chi connectivity index (χ2v) is 5.37. The van der Waals surface area contributed by atoms with Crippen LogP contribution in [0.4, 0.5) is 5.82 Å². The second kappa shape index (κ2) is 6.13. The molecule has 1 aliphatic heterocycles. The standard InChI is InChI=1S/C15H20N4O2/c16-15-12(11-20)14(13-5-4-10-21-13)17-19(15)9-8-18-6-2-1-3-7-18/h4-5,10-11H,1-3,6-9,16H2. The fraction of sp³-hybridized carbons (Fsp3) is 0.467. The van der Waals surface area contributed by atoms with Crippen LogP contribution in [0.25, 0.3) is 11.5 Å². The van der Waals surface area contributed by atoms with E-state index in [9.17, 15) is 4.79 Å². The van der Waals surface area contributed by atoms with Crippen LogP contribution in [0, 0.1) is 0 Å². The molecular weight excluding hydrogens is 268 g/mol. The molecule has 0 amide bonds. The Balaban J connectivity index is 1.77. The number of hydrogen-bond acceptors (Lipinski definition) is 5. The molecule has 2 aromatic heterocycles. The maximum atomic E-state index is 11.3. The maximum Gasteiger partial charge on any atom is 0.156 e. The van der Waals surface area contributed by atoms with Gasteiger partial charge in [0.2, 0.25) is 0 Å². The molecule has 0 spiro atoms. The number of aromatic nitrogens is 2. The topological polar surface area (TPSA) is 77.3 Å². The highest BCUT2D eigenvalue weighted by atomic mass is 16.3. The molecule has 0 radical (unpaired) electrons. The third-order valence-corrected chi connectivity index (χ3v) is 3.98. The summed E-state index contributed by atoms with van der Waals surface area (Å²) in [7, 11) is 0. The predicted octanol–water partition coefficient (Wildman–Crippen LogP) is 2.02. The first-order valence-electron chi connectivity index (χ1n) is 7.37. The molecule has 6 heteroatoms. The Labute approximate surface area is 123 Å². The third-order valence-electron chi connectivity index (χ3n) is 3.98. The highest BCUT2D eigenvalue weighted by molar-refractivity contribution is 5.90. The Morgan fingerprint density at radius 3 is 2.76 bits per heavy atom. The van der Waals surface area contributed by atoms with Crippen molar-refractivity contribution < 1.29 is 9.21 Å². The van der Waals surface area contributed by atoms with E-state index in [2.05, 4.69) is 10.00 Å². The number of nitrogen functional groups attached to an aromatic ring is 1. The first-order chi connectivity index (χ1) is 10.3. The summed E-state index contributed by atoms with van der Waals surface area (Å²) in [5.41, 5.74) is 6.97. The maximum absolute atomic E-state index is 11.3. The smallest absolute Gasteiger partial charge is 0.156 e. The molecule has 0 unspecified atom stereocenters. The van der Waals surface area contributed by atoms with E-state index in [1.54, 1.807) is 23.1 Å². The summed E-state index contributed by atoms with van der Waals surface area (Å²) in [4.78, 5) is 13.7. The number of carbonyl (C=O) groups is 1. The van der Waals surface area contributed by atoms with Gasteiger partial charge in [-0.1, -0.05) is 6.42 Å². The van der Waals surface area contributed by atoms with Gasteiger partial charge in [0, 0.05) is 6.54 Å². The van der Waals surface area contributed by atoms with Crippen LogP contribution in [-0.4, -0.2) is 40.6 Å². The van der Waals surface area contributed by atoms with Crippen LogP contribution in [-0.2, 0) is 6.54 Å². The van der Waals surface area contributed by atoms with Crippen molar-refractivity contribution in [1.29, 1.82) is 0 Å². The van der Waals surface area contributed by atoms with E-state index in [0.717, 1.165) is 25.9 Å². The number of furan rings is 1. The van der Waals surface area contributed by atoms with Crippen LogP contribution in [0.2, 0.25) is 0 Å². The zero-order valence-electron chi connectivity index (χ0n) is 12.0. The summed E-state index contributed by atoms with van der Waals surface area (Å²) in [5.74, 6) is 0.980. The van der Waals surface area contributed by atoms with E-state index in [0.29, 0.717) is 29.4 Å². The highest BCUT2D eigenvalue weighted by Gasteiger charge is 2.19. The normalized spacial score (nSPS) is 16.2. The van der Waals surface area contributed by atoms with Crippen LogP contribution in [0.3, 0.4) is 0 Å². The van der Waals surface area contributed by atoms with Crippen molar-refractivity contribution in [3.63, 3.8) is 0 Å². The first-order valence-corrected chi connectivity index (χ1v) is 7.37. The van der Waals surface area contributed by atoms with E-state index in [1.165, 1.54) is 19.3 Å². The molecule has 0 atom stereocenters. The number of hydrogen-bond donors (Lipinski definition) is 1. The molecule has 3 heterocycles. The van der Waals surface area contributed by atoms with E-state index >= 15 is 0 Å². The Morgan fingerprint density at radius 2 is 2.10 bits per heavy atom. The minimum absolute atomic E-state index is 0.406. The third kappa shape index (κ3) is 2.85. The van der Waals surface area contributed by atoms with Gasteiger partial charge in [-0.05, 0) is 38.1 Å². The minimum atomic E-state index is 0.406. The average Bonchev–Trinajstić information content (AvgIpc) is 3.14. The number of rotatable bonds is 5. The second-order valence-electron chi connectivity index (χ2n) is 5.37. The number of piperidine rings is 1. The zero-order valence-corrected chi connectivity index (χ0v) is 12.0. The molecule has 2 N–H and O–H groups in total. The van der Waals surface area contributed by atoms with Crippen molar-refractivity contribution in [2.45, 2.75) is 25.8 Å². The molecule has 0 bridgehead atoms. The fourth-order valence-corrected chi connectivity index (χ4v) is 2.79. The summed E-state index contributed by atoms with van der Waals surface area (Å²) < 4.78 is 7.03. The number of carbonyl (C=O) groups excluding carboxylic acids is 1. The Hall–Kier alpha value is -2.08. The van der Waals surface area contributed by atoms with Crippen LogP contribution < -0.4 is 5.73 Å². The summed E-state index contributed by atoms with van der Waals surface area (Å²) in [6, 6.07) is 3.55. The van der Waals surface area contributed by atoms with Crippen LogP contribution in [0.1, 0.15) is 29.6 Å². The monoisotopic (exact) mass is 288 g/mol. The number of nitrogens with zero attached hydrogens (tertiary/aromatic N) is 3. The predicted molar refractivity (Wildman–Crippen MR) is 80.0 cm³/mol. The number of nitrogens with two attached hydrogens (primary N) is 1. The van der Waals surface area contributed by atoms with Crippen molar-refractivity contribution in [2.75, 3.05) is 25.4 Å². The average molecular weight is 288 g/mol. The molecule has 1 aliphatic rings. The Bertz CT molecular complexity index is 597. The fourth-order valence-electron chi connectivity index (χ4n) is 2.79. The number of likely N-dealkylation sites (tertiary alicyclic amines) is 1. The summed E-state index contributed by atoms with van der Waals surface area (Å²) in [5, 5.41) is 4.45. The Kier molecular flexibility index (Phi) is 4.06. The van der Waals surface area contributed by atoms with Gasteiger partial charge in [-0.2, -0.15) is 5.10 Å². The van der Waals surface area contributed by atoms with Gasteiger partial charge in [0.25, 0.3) is 0 Å². The van der Waals surface area contributed by atoms with Crippen molar-refractivity contribution in [1.82, 2.24) is 14.7 Å². The zero-order chi connectivity index (χ0) is 14.7. The van der Waals surface area contributed by atoms with Crippen molar-refractivity contribution >= 4 is 12.1 Å². The van der Waals surface area contributed by atoms with Crippen LogP contribution in [0.5, 0.6) is 0 Å². The van der Waals surface area contributed by atoms with Crippen molar-refractivity contribution in [3.8, 4) is 11.5 Å². The first kappa shape index (κ1) is 13.9. The molecule has 112 valence electrons. The lowest BCUT2D eigenvalue weighted by molar-refractivity contribution is 0.112. The minimum Gasteiger partial charge on any atom is -0.463 e. The Morgan fingerprint density at radius 1 is 1.29 bits per heavy atom.